The van der Waals surface area contributed by atoms with Gasteiger partial charge in [-0.25, -0.2) is 17.1 Å². The minimum Gasteiger partial charge on any atom is -0.398 e. The molecule has 0 saturated heterocycles. The molecule has 17 heavy (non-hydrogen) atoms. The van der Waals surface area contributed by atoms with E-state index in [-0.39, 0.29) is 16.1 Å². The topological polar surface area (TPSA) is 63.4 Å². The Hall–Kier alpha value is -1.14. The monoisotopic (exact) mass is 260 g/mol. The summed E-state index contributed by atoms with van der Waals surface area (Å²) in [6.45, 7) is 3.77. The largest absolute Gasteiger partial charge is 0.398 e. The van der Waals surface area contributed by atoms with Crippen LogP contribution in [0.15, 0.2) is 17.0 Å². The Morgan fingerprint density at radius 1 is 1.41 bits per heavy atom. The average Bonchev–Trinajstić information content (AvgIpc) is 2.25. The number of halogens is 1. The predicted molar refractivity (Wildman–Crippen MR) is 65.7 cm³/mol. The Labute approximate surface area is 101 Å². The third-order valence-electron chi connectivity index (χ3n) is 2.60. The van der Waals surface area contributed by atoms with Crippen LogP contribution in [-0.2, 0) is 10.0 Å². The Morgan fingerprint density at radius 3 is 2.47 bits per heavy atom. The highest BCUT2D eigenvalue weighted by Crippen LogP contribution is 2.23. The van der Waals surface area contributed by atoms with Crippen LogP contribution in [0.4, 0.5) is 10.1 Å². The molecule has 0 aliphatic rings. The third kappa shape index (κ3) is 2.76. The van der Waals surface area contributed by atoms with Crippen molar-refractivity contribution in [2.75, 3.05) is 19.3 Å². The molecule has 1 rings (SSSR count). The highest BCUT2D eigenvalue weighted by Gasteiger charge is 2.21. The Balaban J connectivity index is 3.25. The molecule has 0 amide bonds. The van der Waals surface area contributed by atoms with Crippen molar-refractivity contribution in [1.29, 1.82) is 0 Å². The van der Waals surface area contributed by atoms with Crippen molar-refractivity contribution in [3.05, 3.63) is 23.5 Å². The van der Waals surface area contributed by atoms with Crippen LogP contribution >= 0.6 is 0 Å². The first-order chi connectivity index (χ1) is 7.80. The molecule has 0 heterocycles. The highest BCUT2D eigenvalue weighted by atomic mass is 32.2. The van der Waals surface area contributed by atoms with Crippen molar-refractivity contribution >= 4 is 15.7 Å². The molecule has 0 fully saturated rings. The summed E-state index contributed by atoms with van der Waals surface area (Å²) in [5.41, 5.74) is 5.98. The molecular weight excluding hydrogens is 243 g/mol. The molecular formula is C11H17FN2O2S. The molecule has 6 heteroatoms. The van der Waals surface area contributed by atoms with Gasteiger partial charge in [-0.2, -0.15) is 0 Å². The number of nitrogen functional groups attached to an aromatic ring is 1. The van der Waals surface area contributed by atoms with Gasteiger partial charge in [-0.05, 0) is 25.5 Å². The van der Waals surface area contributed by atoms with Gasteiger partial charge in [0.15, 0.2) is 0 Å². The average molecular weight is 260 g/mol. The smallest absolute Gasteiger partial charge is 0.242 e. The van der Waals surface area contributed by atoms with Crippen LogP contribution in [0.2, 0.25) is 0 Å². The van der Waals surface area contributed by atoms with E-state index in [0.717, 1.165) is 6.07 Å². The fourth-order valence-corrected chi connectivity index (χ4v) is 2.75. The van der Waals surface area contributed by atoms with Crippen molar-refractivity contribution in [1.82, 2.24) is 4.31 Å². The Morgan fingerprint density at radius 2 is 2.00 bits per heavy atom. The van der Waals surface area contributed by atoms with Gasteiger partial charge >= 0.3 is 0 Å². The zero-order valence-electron chi connectivity index (χ0n) is 10.2. The molecule has 0 spiro atoms. The molecule has 0 aromatic heterocycles. The summed E-state index contributed by atoms with van der Waals surface area (Å²) in [5.74, 6) is -0.603. The molecule has 96 valence electrons. The summed E-state index contributed by atoms with van der Waals surface area (Å²) in [4.78, 5) is -0.103. The molecule has 0 bridgehead atoms. The minimum absolute atomic E-state index is 0.103. The number of sulfonamides is 1. The molecule has 0 atom stereocenters. The van der Waals surface area contributed by atoms with Crippen molar-refractivity contribution in [2.45, 2.75) is 25.2 Å². The minimum atomic E-state index is -3.65. The lowest BCUT2D eigenvalue weighted by molar-refractivity contribution is 0.467. The molecule has 0 saturated carbocycles. The summed E-state index contributed by atoms with van der Waals surface area (Å²) in [7, 11) is -2.18. The Bertz CT molecular complexity index is 491. The van der Waals surface area contributed by atoms with Gasteiger partial charge in [-0.1, -0.05) is 6.92 Å². The molecule has 0 aliphatic carbocycles. The highest BCUT2D eigenvalue weighted by molar-refractivity contribution is 7.89. The van der Waals surface area contributed by atoms with E-state index < -0.39 is 15.8 Å². The molecule has 0 aliphatic heterocycles. The van der Waals surface area contributed by atoms with Gasteiger partial charge in [0.1, 0.15) is 5.82 Å². The molecule has 0 radical (unpaired) electrons. The molecule has 4 nitrogen and oxygen atoms in total. The van der Waals surface area contributed by atoms with Crippen LogP contribution in [0, 0.1) is 12.7 Å². The van der Waals surface area contributed by atoms with Crippen molar-refractivity contribution in [3.63, 3.8) is 0 Å². The van der Waals surface area contributed by atoms with Gasteiger partial charge in [0.05, 0.1) is 4.90 Å². The van der Waals surface area contributed by atoms with E-state index in [1.807, 2.05) is 6.92 Å². The zero-order valence-corrected chi connectivity index (χ0v) is 11.0. The van der Waals surface area contributed by atoms with E-state index in [9.17, 15) is 12.8 Å². The maximum Gasteiger partial charge on any atom is 0.242 e. The van der Waals surface area contributed by atoms with Gasteiger partial charge < -0.3 is 5.73 Å². The quantitative estimate of drug-likeness (QED) is 0.839. The first-order valence-electron chi connectivity index (χ1n) is 5.32. The van der Waals surface area contributed by atoms with E-state index in [0.29, 0.717) is 13.0 Å². The van der Waals surface area contributed by atoms with E-state index in [4.69, 9.17) is 5.73 Å². The van der Waals surface area contributed by atoms with Crippen LogP contribution in [0.25, 0.3) is 0 Å². The number of nitrogens with zero attached hydrogens (tertiary/aromatic N) is 1. The maximum atomic E-state index is 13.5. The molecule has 1 aromatic rings. The normalized spacial score (nSPS) is 12.1. The lowest BCUT2D eigenvalue weighted by atomic mass is 10.2. The second-order valence-electron chi connectivity index (χ2n) is 3.95. The lowest BCUT2D eigenvalue weighted by Gasteiger charge is -2.17. The fourth-order valence-electron chi connectivity index (χ4n) is 1.44. The molecule has 2 N–H and O–H groups in total. The summed E-state index contributed by atoms with van der Waals surface area (Å²) in [6.07, 6.45) is 0.694. The summed E-state index contributed by atoms with van der Waals surface area (Å²) < 4.78 is 38.7. The molecule has 0 unspecified atom stereocenters. The van der Waals surface area contributed by atoms with E-state index in [1.54, 1.807) is 0 Å². The number of hydrogen-bond acceptors (Lipinski definition) is 3. The van der Waals surface area contributed by atoms with Gasteiger partial charge in [-0.3, -0.25) is 0 Å². The standard InChI is InChI=1S/C11H17FN2O2S/c1-4-5-14(3)17(15,16)9-6-10(12)8(2)11(13)7-9/h6-7H,4-5,13H2,1-3H3. The fraction of sp³-hybridized carbons (Fsp3) is 0.455. The molecule has 1 aromatic carbocycles. The van der Waals surface area contributed by atoms with Crippen molar-refractivity contribution in [2.24, 2.45) is 0 Å². The van der Waals surface area contributed by atoms with Crippen LogP contribution in [0.3, 0.4) is 0 Å². The number of benzene rings is 1. The first kappa shape index (κ1) is 13.9. The Kier molecular flexibility index (Phi) is 4.11. The van der Waals surface area contributed by atoms with E-state index in [1.165, 1.54) is 24.3 Å². The van der Waals surface area contributed by atoms with Crippen molar-refractivity contribution in [3.8, 4) is 0 Å². The summed E-state index contributed by atoms with van der Waals surface area (Å²) >= 11 is 0. The first-order valence-corrected chi connectivity index (χ1v) is 6.76. The van der Waals surface area contributed by atoms with Gasteiger partial charge in [0.25, 0.3) is 0 Å². The van der Waals surface area contributed by atoms with E-state index in [2.05, 4.69) is 0 Å². The van der Waals surface area contributed by atoms with E-state index >= 15 is 0 Å². The van der Waals surface area contributed by atoms with Crippen LogP contribution in [-0.4, -0.2) is 26.3 Å². The van der Waals surface area contributed by atoms with Gasteiger partial charge in [-0.15, -0.1) is 0 Å². The maximum absolute atomic E-state index is 13.5. The van der Waals surface area contributed by atoms with Gasteiger partial charge in [0.2, 0.25) is 10.0 Å². The number of anilines is 1. The lowest BCUT2D eigenvalue weighted by Crippen LogP contribution is -2.27. The SMILES string of the molecule is CCCN(C)S(=O)(=O)c1cc(N)c(C)c(F)c1. The summed E-state index contributed by atoms with van der Waals surface area (Å²) in [6, 6.07) is 2.30. The van der Waals surface area contributed by atoms with Crippen LogP contribution < -0.4 is 5.73 Å². The second kappa shape index (κ2) is 5.01. The predicted octanol–water partition coefficient (Wildman–Crippen LogP) is 1.75. The second-order valence-corrected chi connectivity index (χ2v) is 5.99. The number of hydrogen-bond donors (Lipinski definition) is 1. The number of rotatable bonds is 4. The van der Waals surface area contributed by atoms with Gasteiger partial charge in [0, 0.05) is 24.8 Å². The number of nitrogens with two attached hydrogens (primary N) is 1. The third-order valence-corrected chi connectivity index (χ3v) is 4.44. The van der Waals surface area contributed by atoms with Crippen molar-refractivity contribution < 1.29 is 12.8 Å². The van der Waals surface area contributed by atoms with Crippen LogP contribution in [0.1, 0.15) is 18.9 Å². The zero-order chi connectivity index (χ0) is 13.2. The summed E-state index contributed by atoms with van der Waals surface area (Å²) in [5, 5.41) is 0. The van der Waals surface area contributed by atoms with Crippen LogP contribution in [0.5, 0.6) is 0 Å².